The van der Waals surface area contributed by atoms with Crippen LogP contribution in [0.3, 0.4) is 0 Å². The molecule has 1 aliphatic rings. The maximum atomic E-state index is 11.8. The summed E-state index contributed by atoms with van der Waals surface area (Å²) in [6.07, 6.45) is 3.97. The monoisotopic (exact) mass is 319 g/mol. The van der Waals surface area contributed by atoms with Gasteiger partial charge in [0, 0.05) is 19.1 Å². The Morgan fingerprint density at radius 1 is 1.17 bits per heavy atom. The highest BCUT2D eigenvalue weighted by molar-refractivity contribution is 5.76. The standard InChI is InChI=1S/C18H25NO4/c20-17(19-16-9-8-15(13-16)18(21)22)7-4-11-23-12-10-14-5-2-1-3-6-14/h1-3,5-6,15-16H,4,7-13H2,(H,19,20)(H,21,22)/t15-,16+/m1/s1. The molecular formula is C18H25NO4. The summed E-state index contributed by atoms with van der Waals surface area (Å²) >= 11 is 0. The van der Waals surface area contributed by atoms with E-state index in [0.29, 0.717) is 38.9 Å². The second-order valence-electron chi connectivity index (χ2n) is 6.06. The van der Waals surface area contributed by atoms with Gasteiger partial charge in [-0.25, -0.2) is 0 Å². The van der Waals surface area contributed by atoms with E-state index in [1.807, 2.05) is 18.2 Å². The van der Waals surface area contributed by atoms with Crippen molar-refractivity contribution in [2.75, 3.05) is 13.2 Å². The molecule has 1 aromatic carbocycles. The predicted molar refractivity (Wildman–Crippen MR) is 87.1 cm³/mol. The van der Waals surface area contributed by atoms with E-state index >= 15 is 0 Å². The molecule has 23 heavy (non-hydrogen) atoms. The van der Waals surface area contributed by atoms with Crippen molar-refractivity contribution in [3.63, 3.8) is 0 Å². The van der Waals surface area contributed by atoms with Crippen molar-refractivity contribution in [1.29, 1.82) is 0 Å². The number of carboxylic acids is 1. The van der Waals surface area contributed by atoms with Crippen LogP contribution in [0.5, 0.6) is 0 Å². The molecule has 0 heterocycles. The quantitative estimate of drug-likeness (QED) is 0.685. The Labute approximate surface area is 137 Å². The van der Waals surface area contributed by atoms with Crippen molar-refractivity contribution in [2.24, 2.45) is 5.92 Å². The molecule has 2 N–H and O–H groups in total. The van der Waals surface area contributed by atoms with Gasteiger partial charge in [-0.1, -0.05) is 30.3 Å². The van der Waals surface area contributed by atoms with Gasteiger partial charge in [-0.3, -0.25) is 9.59 Å². The van der Waals surface area contributed by atoms with Crippen LogP contribution in [0, 0.1) is 5.92 Å². The van der Waals surface area contributed by atoms with Gasteiger partial charge in [-0.2, -0.15) is 0 Å². The molecule has 126 valence electrons. The largest absolute Gasteiger partial charge is 0.481 e. The third-order valence-corrected chi connectivity index (χ3v) is 4.22. The first-order valence-corrected chi connectivity index (χ1v) is 8.29. The Morgan fingerprint density at radius 2 is 1.96 bits per heavy atom. The summed E-state index contributed by atoms with van der Waals surface area (Å²) in [7, 11) is 0. The van der Waals surface area contributed by atoms with Crippen LogP contribution in [0.2, 0.25) is 0 Å². The minimum Gasteiger partial charge on any atom is -0.481 e. The summed E-state index contributed by atoms with van der Waals surface area (Å²) in [5.41, 5.74) is 1.25. The van der Waals surface area contributed by atoms with Crippen LogP contribution in [0.4, 0.5) is 0 Å². The lowest BCUT2D eigenvalue weighted by Gasteiger charge is -2.12. The van der Waals surface area contributed by atoms with Gasteiger partial charge < -0.3 is 15.2 Å². The molecule has 0 saturated heterocycles. The van der Waals surface area contributed by atoms with Crippen LogP contribution in [-0.4, -0.2) is 36.2 Å². The maximum Gasteiger partial charge on any atom is 0.306 e. The third kappa shape index (κ3) is 6.40. The molecule has 0 aliphatic heterocycles. The van der Waals surface area contributed by atoms with Gasteiger partial charge in [0.25, 0.3) is 0 Å². The van der Waals surface area contributed by atoms with Crippen molar-refractivity contribution < 1.29 is 19.4 Å². The third-order valence-electron chi connectivity index (χ3n) is 4.22. The molecule has 5 nitrogen and oxygen atoms in total. The molecule has 1 aliphatic carbocycles. The number of carbonyl (C=O) groups excluding carboxylic acids is 1. The van der Waals surface area contributed by atoms with E-state index < -0.39 is 5.97 Å². The first-order valence-electron chi connectivity index (χ1n) is 8.29. The number of carbonyl (C=O) groups is 2. The molecule has 1 amide bonds. The van der Waals surface area contributed by atoms with Crippen LogP contribution in [-0.2, 0) is 20.7 Å². The number of aliphatic carboxylic acids is 1. The Balaban J connectivity index is 1.49. The van der Waals surface area contributed by atoms with Crippen molar-refractivity contribution in [3.8, 4) is 0 Å². The number of benzene rings is 1. The van der Waals surface area contributed by atoms with Crippen LogP contribution in [0.15, 0.2) is 30.3 Å². The highest BCUT2D eigenvalue weighted by atomic mass is 16.5. The van der Waals surface area contributed by atoms with Gasteiger partial charge >= 0.3 is 5.97 Å². The van der Waals surface area contributed by atoms with Crippen molar-refractivity contribution in [3.05, 3.63) is 35.9 Å². The summed E-state index contributed by atoms with van der Waals surface area (Å²) in [6.45, 7) is 1.23. The average molecular weight is 319 g/mol. The van der Waals surface area contributed by atoms with E-state index in [4.69, 9.17) is 9.84 Å². The van der Waals surface area contributed by atoms with Gasteiger partial charge in [-0.15, -0.1) is 0 Å². The number of amides is 1. The highest BCUT2D eigenvalue weighted by Gasteiger charge is 2.30. The zero-order chi connectivity index (χ0) is 16.5. The Hall–Kier alpha value is -1.88. The fraction of sp³-hybridized carbons (Fsp3) is 0.556. The molecule has 0 radical (unpaired) electrons. The summed E-state index contributed by atoms with van der Waals surface area (Å²) in [5.74, 6) is -1.07. The molecule has 1 fully saturated rings. The van der Waals surface area contributed by atoms with E-state index in [1.165, 1.54) is 5.56 Å². The number of carboxylic acid groups (broad SMARTS) is 1. The molecule has 0 unspecified atom stereocenters. The van der Waals surface area contributed by atoms with E-state index in [2.05, 4.69) is 17.4 Å². The normalized spacial score (nSPS) is 20.3. The number of hydrogen-bond donors (Lipinski definition) is 2. The fourth-order valence-corrected chi connectivity index (χ4v) is 2.91. The summed E-state index contributed by atoms with van der Waals surface area (Å²) in [4.78, 5) is 22.7. The first kappa shape index (κ1) is 17.5. The highest BCUT2D eigenvalue weighted by Crippen LogP contribution is 2.25. The Morgan fingerprint density at radius 3 is 2.65 bits per heavy atom. The second-order valence-corrected chi connectivity index (χ2v) is 6.06. The summed E-state index contributed by atoms with van der Waals surface area (Å²) < 4.78 is 5.55. The SMILES string of the molecule is O=C(CCCOCCc1ccccc1)N[C@H]1CC[C@@H](C(=O)O)C1. The molecule has 0 bridgehead atoms. The lowest BCUT2D eigenvalue weighted by molar-refractivity contribution is -0.141. The number of ether oxygens (including phenoxy) is 1. The molecule has 0 aromatic heterocycles. The van der Waals surface area contributed by atoms with Gasteiger partial charge in [-0.05, 0) is 37.7 Å². The molecule has 2 rings (SSSR count). The van der Waals surface area contributed by atoms with Gasteiger partial charge in [0.1, 0.15) is 0 Å². The average Bonchev–Trinajstić information content (AvgIpc) is 3.00. The zero-order valence-corrected chi connectivity index (χ0v) is 13.4. The van der Waals surface area contributed by atoms with E-state index in [9.17, 15) is 9.59 Å². The minimum atomic E-state index is -0.756. The lowest BCUT2D eigenvalue weighted by Crippen LogP contribution is -2.33. The zero-order valence-electron chi connectivity index (χ0n) is 13.4. The smallest absolute Gasteiger partial charge is 0.306 e. The second kappa shape index (κ2) is 9.30. The maximum absolute atomic E-state index is 11.8. The molecular weight excluding hydrogens is 294 g/mol. The van der Waals surface area contributed by atoms with Crippen LogP contribution in [0.1, 0.15) is 37.7 Å². The first-order chi connectivity index (χ1) is 11.1. The summed E-state index contributed by atoms with van der Waals surface area (Å²) in [6, 6.07) is 10.2. The van der Waals surface area contributed by atoms with Gasteiger partial charge in [0.15, 0.2) is 0 Å². The van der Waals surface area contributed by atoms with Crippen molar-refractivity contribution in [2.45, 2.75) is 44.6 Å². The van der Waals surface area contributed by atoms with E-state index in [-0.39, 0.29) is 17.9 Å². The Kier molecular flexibility index (Phi) is 7.07. The van der Waals surface area contributed by atoms with Crippen LogP contribution < -0.4 is 5.32 Å². The van der Waals surface area contributed by atoms with Crippen molar-refractivity contribution in [1.82, 2.24) is 5.32 Å². The topological polar surface area (TPSA) is 75.6 Å². The molecule has 2 atom stereocenters. The van der Waals surface area contributed by atoms with Crippen molar-refractivity contribution >= 4 is 11.9 Å². The van der Waals surface area contributed by atoms with E-state index in [1.54, 1.807) is 0 Å². The van der Waals surface area contributed by atoms with E-state index in [0.717, 1.165) is 12.8 Å². The van der Waals surface area contributed by atoms with Crippen LogP contribution in [0.25, 0.3) is 0 Å². The number of hydrogen-bond acceptors (Lipinski definition) is 3. The predicted octanol–water partition coefficient (Wildman–Crippen LogP) is 2.40. The van der Waals surface area contributed by atoms with Gasteiger partial charge in [0.05, 0.1) is 12.5 Å². The minimum absolute atomic E-state index is 0.00676. The molecule has 1 saturated carbocycles. The lowest BCUT2D eigenvalue weighted by atomic mass is 10.1. The fourth-order valence-electron chi connectivity index (χ4n) is 2.91. The molecule has 0 spiro atoms. The molecule has 1 aromatic rings. The number of nitrogens with one attached hydrogen (secondary N) is 1. The van der Waals surface area contributed by atoms with Crippen LogP contribution >= 0.6 is 0 Å². The molecule has 5 heteroatoms. The number of rotatable bonds is 9. The Bertz CT molecular complexity index is 503. The van der Waals surface area contributed by atoms with Gasteiger partial charge in [0.2, 0.25) is 5.91 Å². The summed E-state index contributed by atoms with van der Waals surface area (Å²) in [5, 5.41) is 11.9.